The van der Waals surface area contributed by atoms with Crippen LogP contribution >= 0.6 is 15.9 Å². The molecule has 1 aromatic heterocycles. The Morgan fingerprint density at radius 3 is 3.00 bits per heavy atom. The Morgan fingerprint density at radius 1 is 1.50 bits per heavy atom. The van der Waals surface area contributed by atoms with Gasteiger partial charge in [0.2, 0.25) is 0 Å². The predicted molar refractivity (Wildman–Crippen MR) is 43.3 cm³/mol. The second-order valence-corrected chi connectivity index (χ2v) is 3.76. The fourth-order valence-corrected chi connectivity index (χ4v) is 1.89. The van der Waals surface area contributed by atoms with Gasteiger partial charge in [-0.05, 0) is 22.4 Å². The van der Waals surface area contributed by atoms with Crippen LogP contribution in [0, 0.1) is 0 Å². The number of hydrogen-bond donors (Lipinski definition) is 1. The van der Waals surface area contributed by atoms with Crippen LogP contribution in [0.2, 0.25) is 0 Å². The Bertz CT molecular complexity index is 308. The number of halogens is 3. The van der Waals surface area contributed by atoms with E-state index in [2.05, 4.69) is 26.1 Å². The maximum atomic E-state index is 12.9. The number of aryl methyl sites for hydroxylation is 1. The third-order valence-corrected chi connectivity index (χ3v) is 2.73. The lowest BCUT2D eigenvalue weighted by atomic mass is 9.95. The molecular formula is C7H7BrF2N2. The molecule has 0 radical (unpaired) electrons. The minimum Gasteiger partial charge on any atom is -0.281 e. The zero-order valence-electron chi connectivity index (χ0n) is 6.20. The maximum Gasteiger partial charge on any atom is 0.252 e. The van der Waals surface area contributed by atoms with Crippen LogP contribution in [0.4, 0.5) is 8.78 Å². The van der Waals surface area contributed by atoms with Gasteiger partial charge in [-0.1, -0.05) is 0 Å². The first-order chi connectivity index (χ1) is 5.58. The first-order valence-corrected chi connectivity index (χ1v) is 4.47. The summed E-state index contributed by atoms with van der Waals surface area (Å²) < 4.78 is 26.3. The van der Waals surface area contributed by atoms with Crippen LogP contribution in [-0.2, 0) is 12.8 Å². The maximum absolute atomic E-state index is 12.9. The second kappa shape index (κ2) is 2.52. The largest absolute Gasteiger partial charge is 0.281 e. The van der Waals surface area contributed by atoms with Gasteiger partial charge in [-0.25, -0.2) is 8.78 Å². The van der Waals surface area contributed by atoms with Crippen molar-refractivity contribution in [2.24, 2.45) is 0 Å². The van der Waals surface area contributed by atoms with Gasteiger partial charge in [-0.2, -0.15) is 5.10 Å². The Balaban J connectivity index is 2.38. The lowest BCUT2D eigenvalue weighted by Crippen LogP contribution is -2.25. The summed E-state index contributed by atoms with van der Waals surface area (Å²) in [4.78, 5) is 0. The molecule has 0 saturated heterocycles. The molecule has 1 aliphatic carbocycles. The lowest BCUT2D eigenvalue weighted by Gasteiger charge is -2.20. The van der Waals surface area contributed by atoms with Gasteiger partial charge in [-0.3, -0.25) is 5.10 Å². The zero-order valence-corrected chi connectivity index (χ0v) is 7.79. The number of nitrogens with one attached hydrogen (secondary N) is 1. The SMILES string of the molecule is FC1(F)CCc2[nH]nc(Br)c2C1. The van der Waals surface area contributed by atoms with Crippen LogP contribution < -0.4 is 0 Å². The number of rotatable bonds is 0. The average Bonchev–Trinajstić information content (AvgIpc) is 2.31. The molecule has 0 spiro atoms. The molecule has 2 nitrogen and oxygen atoms in total. The van der Waals surface area contributed by atoms with Gasteiger partial charge in [-0.15, -0.1) is 0 Å². The predicted octanol–water partition coefficient (Wildman–Crippen LogP) is 2.30. The lowest BCUT2D eigenvalue weighted by molar-refractivity contribution is -0.0126. The summed E-state index contributed by atoms with van der Waals surface area (Å²) in [6.45, 7) is 0. The van der Waals surface area contributed by atoms with Crippen LogP contribution in [0.25, 0.3) is 0 Å². The third-order valence-electron chi connectivity index (χ3n) is 2.08. The normalized spacial score (nSPS) is 20.6. The van der Waals surface area contributed by atoms with Crippen LogP contribution in [0.3, 0.4) is 0 Å². The summed E-state index contributed by atoms with van der Waals surface area (Å²) in [5, 5.41) is 6.56. The Kier molecular flexibility index (Phi) is 1.71. The first-order valence-electron chi connectivity index (χ1n) is 3.68. The van der Waals surface area contributed by atoms with E-state index in [1.165, 1.54) is 0 Å². The number of aromatic nitrogens is 2. The van der Waals surface area contributed by atoms with Crippen molar-refractivity contribution in [2.45, 2.75) is 25.2 Å². The van der Waals surface area contributed by atoms with Gasteiger partial charge in [0.1, 0.15) is 4.60 Å². The molecule has 0 bridgehead atoms. The van der Waals surface area contributed by atoms with E-state index in [-0.39, 0.29) is 12.8 Å². The van der Waals surface area contributed by atoms with E-state index in [1.54, 1.807) is 0 Å². The van der Waals surface area contributed by atoms with E-state index in [1.807, 2.05) is 0 Å². The van der Waals surface area contributed by atoms with Crippen molar-refractivity contribution in [1.29, 1.82) is 0 Å². The molecule has 1 aliphatic rings. The zero-order chi connectivity index (χ0) is 8.77. The fourth-order valence-electron chi connectivity index (χ4n) is 1.42. The molecule has 0 unspecified atom stereocenters. The molecule has 0 atom stereocenters. The number of alkyl halides is 2. The van der Waals surface area contributed by atoms with Crippen molar-refractivity contribution in [3.05, 3.63) is 15.9 Å². The number of H-pyrrole nitrogens is 1. The van der Waals surface area contributed by atoms with E-state index in [0.717, 1.165) is 5.69 Å². The number of aromatic amines is 1. The summed E-state index contributed by atoms with van der Waals surface area (Å²) in [5.74, 6) is -2.56. The average molecular weight is 237 g/mol. The first kappa shape index (κ1) is 8.16. The van der Waals surface area contributed by atoms with Gasteiger partial charge < -0.3 is 0 Å². The van der Waals surface area contributed by atoms with Crippen molar-refractivity contribution >= 4 is 15.9 Å². The Morgan fingerprint density at radius 2 is 2.25 bits per heavy atom. The van der Waals surface area contributed by atoms with Gasteiger partial charge in [0.15, 0.2) is 0 Å². The summed E-state index contributed by atoms with van der Waals surface area (Å²) >= 11 is 3.13. The number of hydrogen-bond acceptors (Lipinski definition) is 1. The van der Waals surface area contributed by atoms with Gasteiger partial charge in [0.25, 0.3) is 5.92 Å². The second-order valence-electron chi connectivity index (χ2n) is 3.00. The van der Waals surface area contributed by atoms with Crippen molar-refractivity contribution in [1.82, 2.24) is 10.2 Å². The molecule has 1 aromatic rings. The van der Waals surface area contributed by atoms with Crippen LogP contribution in [0.5, 0.6) is 0 Å². The topological polar surface area (TPSA) is 28.7 Å². The molecule has 66 valence electrons. The molecule has 0 aromatic carbocycles. The molecule has 1 heterocycles. The minimum atomic E-state index is -2.56. The van der Waals surface area contributed by atoms with Crippen LogP contribution in [0.15, 0.2) is 4.60 Å². The summed E-state index contributed by atoms with van der Waals surface area (Å²) in [7, 11) is 0. The van der Waals surface area contributed by atoms with E-state index in [9.17, 15) is 8.78 Å². The molecule has 2 rings (SSSR count). The summed E-state index contributed by atoms with van der Waals surface area (Å²) in [5.41, 5.74) is 1.47. The highest BCUT2D eigenvalue weighted by molar-refractivity contribution is 9.10. The van der Waals surface area contributed by atoms with Gasteiger partial charge in [0, 0.05) is 24.1 Å². The van der Waals surface area contributed by atoms with Gasteiger partial charge in [0.05, 0.1) is 0 Å². The van der Waals surface area contributed by atoms with Crippen molar-refractivity contribution in [3.8, 4) is 0 Å². The minimum absolute atomic E-state index is 0.0748. The third kappa shape index (κ3) is 1.26. The van der Waals surface area contributed by atoms with E-state index in [0.29, 0.717) is 16.6 Å². The van der Waals surface area contributed by atoms with Crippen LogP contribution in [0.1, 0.15) is 17.7 Å². The molecule has 5 heteroatoms. The summed E-state index contributed by atoms with van der Waals surface area (Å²) in [6, 6.07) is 0. The highest BCUT2D eigenvalue weighted by Crippen LogP contribution is 2.34. The van der Waals surface area contributed by atoms with Crippen molar-refractivity contribution in [3.63, 3.8) is 0 Å². The highest BCUT2D eigenvalue weighted by Gasteiger charge is 2.36. The highest BCUT2D eigenvalue weighted by atomic mass is 79.9. The van der Waals surface area contributed by atoms with Crippen molar-refractivity contribution < 1.29 is 8.78 Å². The number of fused-ring (bicyclic) bond motifs is 1. The quantitative estimate of drug-likeness (QED) is 0.736. The monoisotopic (exact) mass is 236 g/mol. The van der Waals surface area contributed by atoms with Crippen LogP contribution in [-0.4, -0.2) is 16.1 Å². The smallest absolute Gasteiger partial charge is 0.252 e. The molecule has 1 N–H and O–H groups in total. The standard InChI is InChI=1S/C7H7BrF2N2/c8-6-4-3-7(9,10)2-1-5(4)11-12-6/h1-3H2,(H,11,12). The molecule has 0 saturated carbocycles. The van der Waals surface area contributed by atoms with Crippen molar-refractivity contribution in [2.75, 3.05) is 0 Å². The van der Waals surface area contributed by atoms with E-state index < -0.39 is 5.92 Å². The Hall–Kier alpha value is -0.450. The molecular weight excluding hydrogens is 230 g/mol. The molecule has 0 amide bonds. The Labute approximate surface area is 76.5 Å². The van der Waals surface area contributed by atoms with E-state index in [4.69, 9.17) is 0 Å². The van der Waals surface area contributed by atoms with Gasteiger partial charge >= 0.3 is 0 Å². The fraction of sp³-hybridized carbons (Fsp3) is 0.571. The molecule has 0 fully saturated rings. The number of nitrogens with zero attached hydrogens (tertiary/aromatic N) is 1. The van der Waals surface area contributed by atoms with E-state index >= 15 is 0 Å². The molecule has 0 aliphatic heterocycles. The molecule has 12 heavy (non-hydrogen) atoms. The summed E-state index contributed by atoms with van der Waals surface area (Å²) in [6.07, 6.45) is 0.120.